The minimum atomic E-state index is -0.285. The molecular formula is C20H32O2. The van der Waals surface area contributed by atoms with E-state index in [0.29, 0.717) is 24.0 Å². The third-order valence-corrected chi connectivity index (χ3v) is 6.00. The zero-order valence-corrected chi connectivity index (χ0v) is 14.6. The Morgan fingerprint density at radius 3 is 2.73 bits per heavy atom. The van der Waals surface area contributed by atoms with Crippen molar-refractivity contribution in [3.8, 4) is 0 Å². The molecule has 0 bridgehead atoms. The van der Waals surface area contributed by atoms with E-state index < -0.39 is 0 Å². The number of hydrogen-bond acceptors (Lipinski definition) is 2. The van der Waals surface area contributed by atoms with Gasteiger partial charge in [0.05, 0.1) is 6.10 Å². The van der Waals surface area contributed by atoms with E-state index in [1.54, 1.807) is 0 Å². The van der Waals surface area contributed by atoms with E-state index in [2.05, 4.69) is 26.5 Å². The molecule has 1 N–H and O–H groups in total. The van der Waals surface area contributed by atoms with Crippen molar-refractivity contribution < 1.29 is 9.90 Å². The number of hydrogen-bond donors (Lipinski definition) is 1. The highest BCUT2D eigenvalue weighted by Crippen LogP contribution is 2.47. The van der Waals surface area contributed by atoms with E-state index >= 15 is 0 Å². The fourth-order valence-corrected chi connectivity index (χ4v) is 4.31. The lowest BCUT2D eigenvalue weighted by atomic mass is 9.76. The van der Waals surface area contributed by atoms with Crippen molar-refractivity contribution in [2.45, 2.75) is 65.9 Å². The Bertz CT molecular complexity index is 460. The monoisotopic (exact) mass is 304 g/mol. The van der Waals surface area contributed by atoms with Crippen LogP contribution in [0.25, 0.3) is 0 Å². The van der Waals surface area contributed by atoms with Crippen molar-refractivity contribution >= 4 is 5.78 Å². The summed E-state index contributed by atoms with van der Waals surface area (Å²) in [6, 6.07) is 0. The average molecular weight is 304 g/mol. The second-order valence-corrected chi connectivity index (χ2v) is 7.80. The van der Waals surface area contributed by atoms with Crippen molar-refractivity contribution in [2.75, 3.05) is 0 Å². The van der Waals surface area contributed by atoms with Gasteiger partial charge in [0.25, 0.3) is 0 Å². The van der Waals surface area contributed by atoms with E-state index in [1.165, 1.54) is 11.1 Å². The number of aliphatic hydroxyl groups excluding tert-OH is 1. The lowest BCUT2D eigenvalue weighted by Crippen LogP contribution is -2.34. The van der Waals surface area contributed by atoms with Gasteiger partial charge in [0, 0.05) is 18.3 Å². The molecule has 0 amide bonds. The van der Waals surface area contributed by atoms with Crippen LogP contribution < -0.4 is 0 Å². The molecule has 0 aromatic rings. The number of fused-ring (bicyclic) bond motifs is 1. The molecule has 0 aromatic carbocycles. The smallest absolute Gasteiger partial charge is 0.135 e. The second kappa shape index (κ2) is 7.12. The average Bonchev–Trinajstić information content (AvgIpc) is 2.80. The molecule has 0 saturated heterocycles. The number of carbonyl (C=O) groups excluding carboxylic acids is 1. The zero-order valence-electron chi connectivity index (χ0n) is 14.6. The third kappa shape index (κ3) is 3.53. The Labute approximate surface area is 135 Å². The Balaban J connectivity index is 2.05. The number of ketones is 1. The molecule has 22 heavy (non-hydrogen) atoms. The van der Waals surface area contributed by atoms with Crippen LogP contribution in [0.2, 0.25) is 0 Å². The Hall–Kier alpha value is -0.890. The molecule has 0 spiro atoms. The van der Waals surface area contributed by atoms with Gasteiger partial charge in [0.15, 0.2) is 0 Å². The molecule has 2 aliphatic carbocycles. The minimum absolute atomic E-state index is 0.121. The molecule has 0 radical (unpaired) electrons. The summed E-state index contributed by atoms with van der Waals surface area (Å²) in [5, 5.41) is 11.0. The van der Waals surface area contributed by atoms with Crippen molar-refractivity contribution in [2.24, 2.45) is 29.6 Å². The number of allylic oxidation sites excluding steroid dienone is 2. The van der Waals surface area contributed by atoms with Gasteiger partial charge in [0.1, 0.15) is 5.78 Å². The first-order valence-electron chi connectivity index (χ1n) is 8.88. The fraction of sp³-hybridized carbons (Fsp3) is 0.750. The van der Waals surface area contributed by atoms with Crippen molar-refractivity contribution in [3.63, 3.8) is 0 Å². The van der Waals surface area contributed by atoms with Crippen LogP contribution in [0.5, 0.6) is 0 Å². The minimum Gasteiger partial charge on any atom is -0.392 e. The summed E-state index contributed by atoms with van der Waals surface area (Å²) in [4.78, 5) is 11.9. The Morgan fingerprint density at radius 1 is 1.41 bits per heavy atom. The summed E-state index contributed by atoms with van der Waals surface area (Å²) >= 11 is 0. The molecule has 2 heteroatoms. The topological polar surface area (TPSA) is 37.3 Å². The predicted molar refractivity (Wildman–Crippen MR) is 91.5 cm³/mol. The van der Waals surface area contributed by atoms with Crippen LogP contribution in [0.15, 0.2) is 23.8 Å². The van der Waals surface area contributed by atoms with Gasteiger partial charge in [-0.1, -0.05) is 44.6 Å². The molecule has 2 nitrogen and oxygen atoms in total. The SMILES string of the molecule is C=C1CC[C@@H]([C@@H](C)CCC(=O)C(C)C)[C@@H](O)[C@@H]2C(C)=CC[C@@H]12. The normalized spacial score (nSPS) is 33.4. The number of rotatable bonds is 5. The molecule has 1 fully saturated rings. The molecule has 0 aliphatic heterocycles. The highest BCUT2D eigenvalue weighted by Gasteiger charge is 2.42. The number of carbonyl (C=O) groups is 1. The summed E-state index contributed by atoms with van der Waals surface area (Å²) in [6.07, 6.45) is 6.60. The number of aliphatic hydroxyl groups is 1. The van der Waals surface area contributed by atoms with Crippen molar-refractivity contribution in [1.82, 2.24) is 0 Å². The first-order chi connectivity index (χ1) is 10.3. The largest absolute Gasteiger partial charge is 0.392 e. The Morgan fingerprint density at radius 2 is 2.09 bits per heavy atom. The van der Waals surface area contributed by atoms with Crippen LogP contribution in [0.4, 0.5) is 0 Å². The molecule has 5 atom stereocenters. The summed E-state index contributed by atoms with van der Waals surface area (Å²) in [6.45, 7) is 12.6. The number of Topliss-reactive ketones (excluding diaryl/α,β-unsaturated/α-hetero) is 1. The predicted octanol–water partition coefficient (Wildman–Crippen LogP) is 4.54. The van der Waals surface area contributed by atoms with Gasteiger partial charge in [-0.15, -0.1) is 0 Å². The highest BCUT2D eigenvalue weighted by atomic mass is 16.3. The van der Waals surface area contributed by atoms with Crippen molar-refractivity contribution in [1.29, 1.82) is 0 Å². The van der Waals surface area contributed by atoms with Gasteiger partial charge in [-0.3, -0.25) is 4.79 Å². The van der Waals surface area contributed by atoms with Crippen LogP contribution in [-0.2, 0) is 4.79 Å². The van der Waals surface area contributed by atoms with Gasteiger partial charge in [0.2, 0.25) is 0 Å². The maximum Gasteiger partial charge on any atom is 0.135 e. The third-order valence-electron chi connectivity index (χ3n) is 6.00. The van der Waals surface area contributed by atoms with Gasteiger partial charge in [-0.25, -0.2) is 0 Å². The van der Waals surface area contributed by atoms with Crippen LogP contribution in [0.3, 0.4) is 0 Å². The first-order valence-corrected chi connectivity index (χ1v) is 8.88. The molecule has 0 unspecified atom stereocenters. The first kappa shape index (κ1) is 17.5. The standard InChI is InChI=1S/C20H32O2/c1-12(2)18(21)11-8-14(4)17-10-6-13(3)16-9-7-15(5)19(16)20(17)22/h7,12,14,16-17,19-20,22H,3,6,8-11H2,1-2,4-5H3/t14-,16-,17-,19+,20+/m0/s1. The maximum atomic E-state index is 11.9. The van der Waals surface area contributed by atoms with E-state index in [0.717, 1.165) is 25.7 Å². The fourth-order valence-electron chi connectivity index (χ4n) is 4.31. The highest BCUT2D eigenvalue weighted by molar-refractivity contribution is 5.80. The molecule has 124 valence electrons. The summed E-state index contributed by atoms with van der Waals surface area (Å²) in [7, 11) is 0. The Kier molecular flexibility index (Phi) is 5.65. The van der Waals surface area contributed by atoms with Crippen LogP contribution in [0.1, 0.15) is 59.8 Å². The molecular weight excluding hydrogens is 272 g/mol. The van der Waals surface area contributed by atoms with Crippen LogP contribution >= 0.6 is 0 Å². The molecule has 2 aliphatic rings. The second-order valence-electron chi connectivity index (χ2n) is 7.80. The summed E-state index contributed by atoms with van der Waals surface area (Å²) in [5.41, 5.74) is 2.64. The lowest BCUT2D eigenvalue weighted by Gasteiger charge is -2.32. The van der Waals surface area contributed by atoms with E-state index in [9.17, 15) is 9.90 Å². The molecule has 0 heterocycles. The van der Waals surface area contributed by atoms with Gasteiger partial charge in [-0.2, -0.15) is 0 Å². The van der Waals surface area contributed by atoms with Gasteiger partial charge < -0.3 is 5.11 Å². The van der Waals surface area contributed by atoms with E-state index in [1.807, 2.05) is 13.8 Å². The quantitative estimate of drug-likeness (QED) is 0.757. The zero-order chi connectivity index (χ0) is 16.4. The molecule has 1 saturated carbocycles. The lowest BCUT2D eigenvalue weighted by molar-refractivity contribution is -0.122. The summed E-state index contributed by atoms with van der Waals surface area (Å²) in [5.74, 6) is 1.82. The van der Waals surface area contributed by atoms with E-state index in [4.69, 9.17) is 0 Å². The molecule has 0 aromatic heterocycles. The summed E-state index contributed by atoms with van der Waals surface area (Å²) < 4.78 is 0. The van der Waals surface area contributed by atoms with Gasteiger partial charge in [-0.05, 0) is 50.4 Å². The van der Waals surface area contributed by atoms with Crippen molar-refractivity contribution in [3.05, 3.63) is 23.8 Å². The molecule has 2 rings (SSSR count). The van der Waals surface area contributed by atoms with E-state index in [-0.39, 0.29) is 23.9 Å². The maximum absolute atomic E-state index is 11.9. The van der Waals surface area contributed by atoms with Crippen LogP contribution in [-0.4, -0.2) is 17.0 Å². The van der Waals surface area contributed by atoms with Gasteiger partial charge >= 0.3 is 0 Å². The van der Waals surface area contributed by atoms with Crippen LogP contribution in [0, 0.1) is 29.6 Å².